The van der Waals surface area contributed by atoms with Gasteiger partial charge in [0.05, 0.1) is 5.25 Å². The lowest BCUT2D eigenvalue weighted by Crippen LogP contribution is -2.48. The molecule has 5 heteroatoms. The Morgan fingerprint density at radius 2 is 2.00 bits per heavy atom. The highest BCUT2D eigenvalue weighted by Gasteiger charge is 2.51. The van der Waals surface area contributed by atoms with Crippen molar-refractivity contribution in [1.29, 1.82) is 0 Å². The van der Waals surface area contributed by atoms with E-state index in [2.05, 4.69) is 38.1 Å². The number of hydrogen-bond acceptors (Lipinski definition) is 4. The van der Waals surface area contributed by atoms with Gasteiger partial charge in [0.1, 0.15) is 6.10 Å². The van der Waals surface area contributed by atoms with E-state index in [9.17, 15) is 9.59 Å². The molecule has 3 aliphatic rings. The summed E-state index contributed by atoms with van der Waals surface area (Å²) in [6, 6.07) is 10.2. The highest BCUT2D eigenvalue weighted by molar-refractivity contribution is 8.00. The van der Waals surface area contributed by atoms with Gasteiger partial charge in [0, 0.05) is 41.0 Å². The monoisotopic (exact) mass is 423 g/mol. The molecular formula is C25H29NO3S. The third-order valence-corrected chi connectivity index (χ3v) is 8.20. The van der Waals surface area contributed by atoms with Crippen LogP contribution in [0.3, 0.4) is 0 Å². The molecule has 4 atom stereocenters. The fourth-order valence-corrected chi connectivity index (χ4v) is 6.08. The minimum atomic E-state index is -0.220. The number of rotatable bonds is 4. The Kier molecular flexibility index (Phi) is 5.43. The lowest BCUT2D eigenvalue weighted by Gasteiger charge is -2.49. The van der Waals surface area contributed by atoms with Crippen LogP contribution in [0.5, 0.6) is 0 Å². The second-order valence-corrected chi connectivity index (χ2v) is 9.96. The van der Waals surface area contributed by atoms with Crippen LogP contribution in [0.15, 0.2) is 69.8 Å². The summed E-state index contributed by atoms with van der Waals surface area (Å²) < 4.78 is 6.01. The van der Waals surface area contributed by atoms with E-state index in [4.69, 9.17) is 4.74 Å². The molecule has 0 radical (unpaired) electrons. The Bertz CT molecular complexity index is 977. The molecule has 4 rings (SSSR count). The van der Waals surface area contributed by atoms with Gasteiger partial charge in [-0.25, -0.2) is 0 Å². The third kappa shape index (κ3) is 3.33. The molecule has 4 nitrogen and oxygen atoms in total. The third-order valence-electron chi connectivity index (χ3n) is 6.98. The van der Waals surface area contributed by atoms with Crippen LogP contribution in [0.4, 0.5) is 0 Å². The highest BCUT2D eigenvalue weighted by atomic mass is 32.2. The van der Waals surface area contributed by atoms with E-state index in [1.165, 1.54) is 5.57 Å². The molecule has 2 aliphatic carbocycles. The minimum absolute atomic E-state index is 0.0202. The first-order valence-electron chi connectivity index (χ1n) is 10.6. The van der Waals surface area contributed by atoms with Gasteiger partial charge in [0.2, 0.25) is 0 Å². The van der Waals surface area contributed by atoms with E-state index >= 15 is 0 Å². The number of amides is 1. The van der Waals surface area contributed by atoms with Gasteiger partial charge >= 0.3 is 5.97 Å². The maximum absolute atomic E-state index is 12.6. The number of likely N-dealkylation sites (N-methyl/N-ethyl adjacent to an activating group) is 1. The molecule has 30 heavy (non-hydrogen) atoms. The zero-order valence-corrected chi connectivity index (χ0v) is 19.1. The first-order valence-corrected chi connectivity index (χ1v) is 11.5. The fourth-order valence-electron chi connectivity index (χ4n) is 4.82. The number of carbonyl (C=O) groups is 2. The van der Waals surface area contributed by atoms with Crippen molar-refractivity contribution in [3.63, 3.8) is 0 Å². The predicted molar refractivity (Wildman–Crippen MR) is 120 cm³/mol. The molecule has 1 heterocycles. The standard InChI is InChI=1S/C25H29NO3S/c1-6-22(27)29-23-16(3)25(4)14-19-15(2)24(28)26(5)20(19)12-17(25)13-21(23)30-18-10-8-7-9-11-18/h7-13,16,21,23H,6,14H2,1-5H3/t16-,21+,23+,25+/m0/s1. The smallest absolute Gasteiger partial charge is 0.305 e. The fraction of sp³-hybridized carbons (Fsp3) is 0.440. The number of esters is 1. The normalized spacial score (nSPS) is 30.5. The van der Waals surface area contributed by atoms with Crippen molar-refractivity contribution in [2.45, 2.75) is 56.8 Å². The van der Waals surface area contributed by atoms with E-state index in [1.807, 2.05) is 39.1 Å². The van der Waals surface area contributed by atoms with Gasteiger partial charge in [-0.15, -0.1) is 11.8 Å². The van der Waals surface area contributed by atoms with E-state index in [0.29, 0.717) is 6.42 Å². The number of thioether (sulfide) groups is 1. The topological polar surface area (TPSA) is 46.6 Å². The summed E-state index contributed by atoms with van der Waals surface area (Å²) >= 11 is 1.74. The average molecular weight is 424 g/mol. The summed E-state index contributed by atoms with van der Waals surface area (Å²) in [5, 5.41) is 0.0202. The van der Waals surface area contributed by atoms with Gasteiger partial charge in [-0.3, -0.25) is 9.59 Å². The summed E-state index contributed by atoms with van der Waals surface area (Å²) in [7, 11) is 1.85. The lowest BCUT2D eigenvalue weighted by atomic mass is 9.60. The molecule has 1 aromatic rings. The molecule has 0 aromatic heterocycles. The number of hydrogen-bond donors (Lipinski definition) is 0. The van der Waals surface area contributed by atoms with Crippen LogP contribution in [0.2, 0.25) is 0 Å². The maximum Gasteiger partial charge on any atom is 0.305 e. The molecule has 158 valence electrons. The van der Waals surface area contributed by atoms with E-state index in [-0.39, 0.29) is 34.6 Å². The largest absolute Gasteiger partial charge is 0.461 e. The molecule has 1 amide bonds. The van der Waals surface area contributed by atoms with Crippen molar-refractivity contribution in [3.8, 4) is 0 Å². The van der Waals surface area contributed by atoms with Crippen molar-refractivity contribution in [1.82, 2.24) is 4.90 Å². The molecule has 0 saturated carbocycles. The van der Waals surface area contributed by atoms with Crippen LogP contribution >= 0.6 is 11.8 Å². The van der Waals surface area contributed by atoms with Crippen LogP contribution < -0.4 is 0 Å². The van der Waals surface area contributed by atoms with Crippen LogP contribution in [0.1, 0.15) is 40.5 Å². The highest BCUT2D eigenvalue weighted by Crippen LogP contribution is 2.55. The molecule has 0 N–H and O–H groups in total. The van der Waals surface area contributed by atoms with Gasteiger partial charge in [0.25, 0.3) is 5.91 Å². The van der Waals surface area contributed by atoms with Crippen LogP contribution in [0.25, 0.3) is 0 Å². The Labute approximate surface area is 183 Å². The van der Waals surface area contributed by atoms with Gasteiger partial charge in [-0.1, -0.05) is 45.0 Å². The first-order chi connectivity index (χ1) is 14.3. The molecule has 0 spiro atoms. The second kappa shape index (κ2) is 7.77. The molecule has 0 bridgehead atoms. The van der Waals surface area contributed by atoms with Gasteiger partial charge in [0.15, 0.2) is 0 Å². The Morgan fingerprint density at radius 3 is 2.67 bits per heavy atom. The summed E-state index contributed by atoms with van der Waals surface area (Å²) in [5.41, 5.74) is 4.03. The number of nitrogens with zero attached hydrogens (tertiary/aromatic N) is 1. The molecule has 0 saturated heterocycles. The lowest BCUT2D eigenvalue weighted by molar-refractivity contribution is -0.153. The zero-order valence-electron chi connectivity index (χ0n) is 18.3. The maximum atomic E-state index is 12.6. The van der Waals surface area contributed by atoms with Crippen molar-refractivity contribution < 1.29 is 14.3 Å². The molecule has 0 unspecified atom stereocenters. The summed E-state index contributed by atoms with van der Waals surface area (Å²) in [6.45, 7) is 8.19. The average Bonchev–Trinajstić information content (AvgIpc) is 2.94. The van der Waals surface area contributed by atoms with E-state index in [1.54, 1.807) is 16.7 Å². The summed E-state index contributed by atoms with van der Waals surface area (Å²) in [4.78, 5) is 27.8. The Morgan fingerprint density at radius 1 is 1.30 bits per heavy atom. The van der Waals surface area contributed by atoms with Crippen LogP contribution in [0, 0.1) is 11.3 Å². The molecular weight excluding hydrogens is 394 g/mol. The predicted octanol–water partition coefficient (Wildman–Crippen LogP) is 5.13. The Balaban J connectivity index is 1.79. The summed E-state index contributed by atoms with van der Waals surface area (Å²) in [5.74, 6) is 0.0356. The molecule has 1 aliphatic heterocycles. The Hall–Kier alpha value is -2.27. The first kappa shape index (κ1) is 21.0. The van der Waals surface area contributed by atoms with Crippen molar-refractivity contribution in [2.24, 2.45) is 11.3 Å². The zero-order chi connectivity index (χ0) is 21.6. The molecule has 0 fully saturated rings. The minimum Gasteiger partial charge on any atom is -0.461 e. The van der Waals surface area contributed by atoms with Crippen molar-refractivity contribution in [3.05, 3.63) is 64.9 Å². The van der Waals surface area contributed by atoms with E-state index in [0.717, 1.165) is 28.2 Å². The van der Waals surface area contributed by atoms with Crippen molar-refractivity contribution in [2.75, 3.05) is 7.05 Å². The van der Waals surface area contributed by atoms with Crippen LogP contribution in [-0.4, -0.2) is 35.2 Å². The van der Waals surface area contributed by atoms with Gasteiger partial charge in [-0.05, 0) is 42.7 Å². The number of benzene rings is 1. The van der Waals surface area contributed by atoms with Gasteiger partial charge < -0.3 is 9.64 Å². The van der Waals surface area contributed by atoms with Crippen molar-refractivity contribution >= 4 is 23.6 Å². The molecule has 1 aromatic carbocycles. The summed E-state index contributed by atoms with van der Waals surface area (Å²) in [6.07, 6.45) is 5.38. The quantitative estimate of drug-likeness (QED) is 0.630. The van der Waals surface area contributed by atoms with Crippen LogP contribution in [-0.2, 0) is 14.3 Å². The second-order valence-electron chi connectivity index (χ2n) is 8.71. The number of ether oxygens (including phenoxy) is 1. The van der Waals surface area contributed by atoms with E-state index < -0.39 is 0 Å². The SMILES string of the molecule is CCC(=O)O[C@H]1[C@H](Sc2ccccc2)C=C2C=C3C(=C(C)C(=O)N3C)C[C@]2(C)[C@H]1C. The number of allylic oxidation sites excluding steroid dienone is 3. The van der Waals surface area contributed by atoms with Gasteiger partial charge in [-0.2, -0.15) is 0 Å². The number of carbonyl (C=O) groups excluding carboxylic acids is 2. The number of fused-ring (bicyclic) bond motifs is 2.